The molecule has 4 saturated heterocycles. The van der Waals surface area contributed by atoms with Gasteiger partial charge in [0.25, 0.3) is 5.91 Å². The van der Waals surface area contributed by atoms with Crippen molar-refractivity contribution in [3.05, 3.63) is 30.0 Å². The van der Waals surface area contributed by atoms with Gasteiger partial charge in [-0.05, 0) is 30.9 Å². The number of hydrogen-bond acceptors (Lipinski definition) is 3. The van der Waals surface area contributed by atoms with Crippen molar-refractivity contribution in [2.45, 2.75) is 12.5 Å². The van der Waals surface area contributed by atoms with Crippen LogP contribution in [0.25, 0.3) is 10.9 Å². The van der Waals surface area contributed by atoms with Crippen molar-refractivity contribution in [2.75, 3.05) is 26.2 Å². The number of fused-ring (bicyclic) bond motifs is 2. The lowest BCUT2D eigenvalue weighted by Gasteiger charge is -2.44. The number of carbonyl (C=O) groups is 1. The highest BCUT2D eigenvalue weighted by Gasteiger charge is 2.51. The van der Waals surface area contributed by atoms with E-state index in [9.17, 15) is 4.79 Å². The number of aromatic nitrogens is 2. The van der Waals surface area contributed by atoms with E-state index in [1.165, 1.54) is 19.5 Å². The van der Waals surface area contributed by atoms with Gasteiger partial charge < -0.3 is 9.80 Å². The van der Waals surface area contributed by atoms with Crippen LogP contribution < -0.4 is 0 Å². The van der Waals surface area contributed by atoms with Gasteiger partial charge in [-0.2, -0.15) is 5.10 Å². The van der Waals surface area contributed by atoms with Crippen LogP contribution in [0.5, 0.6) is 0 Å². The number of nitrogens with one attached hydrogen (secondary N) is 1. The number of benzene rings is 1. The van der Waals surface area contributed by atoms with Crippen molar-refractivity contribution in [1.82, 2.24) is 20.0 Å². The van der Waals surface area contributed by atoms with Crippen LogP contribution in [0.4, 0.5) is 0 Å². The molecule has 5 nitrogen and oxygen atoms in total. The summed E-state index contributed by atoms with van der Waals surface area (Å²) in [5, 5.41) is 8.20. The third-order valence-corrected chi connectivity index (χ3v) is 5.58. The number of likely N-dealkylation sites (tertiary alicyclic amines) is 1. The first-order chi connectivity index (χ1) is 10.3. The van der Waals surface area contributed by atoms with Gasteiger partial charge in [-0.3, -0.25) is 9.89 Å². The molecule has 6 rings (SSSR count). The molecule has 4 bridgehead atoms. The predicted octanol–water partition coefficient (Wildman–Crippen LogP) is 1.34. The van der Waals surface area contributed by atoms with Gasteiger partial charge in [0.2, 0.25) is 0 Å². The molecule has 4 aliphatic heterocycles. The number of rotatable bonds is 1. The van der Waals surface area contributed by atoms with E-state index in [1.807, 2.05) is 24.3 Å². The van der Waals surface area contributed by atoms with Crippen molar-refractivity contribution in [1.29, 1.82) is 0 Å². The first-order valence-electron chi connectivity index (χ1n) is 7.78. The van der Waals surface area contributed by atoms with E-state index in [0.717, 1.165) is 24.0 Å². The van der Waals surface area contributed by atoms with E-state index in [1.54, 1.807) is 0 Å². The molecule has 5 heteroatoms. The summed E-state index contributed by atoms with van der Waals surface area (Å²) in [5.41, 5.74) is 1.53. The second-order valence-corrected chi connectivity index (χ2v) is 6.61. The van der Waals surface area contributed by atoms with Crippen LogP contribution in [0.1, 0.15) is 16.9 Å². The van der Waals surface area contributed by atoms with Crippen LogP contribution in [-0.2, 0) is 0 Å². The number of aromatic amines is 1. The Bertz CT molecular complexity index is 724. The fraction of sp³-hybridized carbons (Fsp3) is 0.500. The van der Waals surface area contributed by atoms with E-state index < -0.39 is 0 Å². The lowest BCUT2D eigenvalue weighted by atomic mass is 9.80. The molecule has 2 aromatic rings. The quantitative estimate of drug-likeness (QED) is 0.859. The Balaban J connectivity index is 1.52. The number of para-hydroxylation sites is 1. The minimum absolute atomic E-state index is 0.105. The van der Waals surface area contributed by atoms with E-state index in [4.69, 9.17) is 0 Å². The van der Waals surface area contributed by atoms with E-state index in [-0.39, 0.29) is 5.91 Å². The van der Waals surface area contributed by atoms with Gasteiger partial charge in [-0.25, -0.2) is 0 Å². The summed E-state index contributed by atoms with van der Waals surface area (Å²) >= 11 is 0. The zero-order valence-electron chi connectivity index (χ0n) is 11.8. The van der Waals surface area contributed by atoms with Gasteiger partial charge in [0.15, 0.2) is 5.69 Å². The summed E-state index contributed by atoms with van der Waals surface area (Å²) in [5.74, 6) is 1.49. The minimum Gasteiger partial charge on any atom is -0.332 e. The van der Waals surface area contributed by atoms with Crippen LogP contribution in [0.2, 0.25) is 0 Å². The average Bonchev–Trinajstić information content (AvgIpc) is 3.06. The summed E-state index contributed by atoms with van der Waals surface area (Å²) in [6.45, 7) is 4.35. The molecule has 2 unspecified atom stereocenters. The summed E-state index contributed by atoms with van der Waals surface area (Å²) in [6, 6.07) is 8.27. The SMILES string of the molecule is O=C(c1n[nH]c2ccccc12)N1C[C@H]2CN3CC[C@H]2C1C3. The normalized spacial score (nSPS) is 33.8. The highest BCUT2D eigenvalue weighted by atomic mass is 16.2. The number of nitrogens with zero attached hydrogens (tertiary/aromatic N) is 3. The fourth-order valence-electron chi connectivity index (χ4n) is 4.60. The van der Waals surface area contributed by atoms with Gasteiger partial charge in [-0.1, -0.05) is 18.2 Å². The molecule has 0 aliphatic carbocycles. The topological polar surface area (TPSA) is 52.2 Å². The molecule has 0 radical (unpaired) electrons. The van der Waals surface area contributed by atoms with E-state index in [2.05, 4.69) is 20.0 Å². The second kappa shape index (κ2) is 4.07. The minimum atomic E-state index is 0.105. The van der Waals surface area contributed by atoms with Gasteiger partial charge in [-0.15, -0.1) is 0 Å². The number of hydrogen-bond donors (Lipinski definition) is 1. The predicted molar refractivity (Wildman–Crippen MR) is 79.0 cm³/mol. The summed E-state index contributed by atoms with van der Waals surface area (Å²) in [6.07, 6.45) is 1.25. The number of carbonyl (C=O) groups excluding carboxylic acids is 1. The Hall–Kier alpha value is -1.88. The molecule has 4 fully saturated rings. The van der Waals surface area contributed by atoms with Crippen LogP contribution in [0, 0.1) is 11.8 Å². The maximum Gasteiger partial charge on any atom is 0.275 e. The number of amides is 1. The first kappa shape index (κ1) is 11.7. The van der Waals surface area contributed by atoms with Crippen molar-refractivity contribution in [3.8, 4) is 0 Å². The molecule has 4 atom stereocenters. The van der Waals surface area contributed by atoms with Gasteiger partial charge in [0.05, 0.1) is 5.52 Å². The van der Waals surface area contributed by atoms with Gasteiger partial charge >= 0.3 is 0 Å². The Kier molecular flexibility index (Phi) is 2.28. The zero-order valence-corrected chi connectivity index (χ0v) is 11.8. The molecule has 5 heterocycles. The van der Waals surface area contributed by atoms with E-state index >= 15 is 0 Å². The van der Waals surface area contributed by atoms with Crippen LogP contribution in [-0.4, -0.2) is 58.1 Å². The average molecular weight is 282 g/mol. The van der Waals surface area contributed by atoms with E-state index in [0.29, 0.717) is 23.6 Å². The maximum atomic E-state index is 13.0. The Labute approximate surface area is 122 Å². The molecule has 1 aromatic heterocycles. The Morgan fingerprint density at radius 1 is 1.24 bits per heavy atom. The van der Waals surface area contributed by atoms with Gasteiger partial charge in [0.1, 0.15) is 0 Å². The zero-order chi connectivity index (χ0) is 14.0. The number of H-pyrrole nitrogens is 1. The third-order valence-electron chi connectivity index (χ3n) is 5.58. The smallest absolute Gasteiger partial charge is 0.275 e. The molecule has 1 aromatic carbocycles. The number of piperidine rings is 3. The monoisotopic (exact) mass is 282 g/mol. The first-order valence-corrected chi connectivity index (χ1v) is 7.78. The summed E-state index contributed by atoms with van der Waals surface area (Å²) < 4.78 is 0. The van der Waals surface area contributed by atoms with Gasteiger partial charge in [0, 0.05) is 31.1 Å². The molecule has 1 N–H and O–H groups in total. The van der Waals surface area contributed by atoms with Crippen molar-refractivity contribution < 1.29 is 4.79 Å². The highest BCUT2D eigenvalue weighted by Crippen LogP contribution is 2.42. The molecular formula is C16H18N4O. The highest BCUT2D eigenvalue weighted by molar-refractivity contribution is 6.04. The second-order valence-electron chi connectivity index (χ2n) is 6.61. The fourth-order valence-corrected chi connectivity index (χ4v) is 4.60. The molecule has 4 aliphatic rings. The largest absolute Gasteiger partial charge is 0.332 e. The third kappa shape index (κ3) is 1.55. The van der Waals surface area contributed by atoms with Crippen LogP contribution in [0.15, 0.2) is 24.3 Å². The lowest BCUT2D eigenvalue weighted by molar-refractivity contribution is 0.0420. The lowest BCUT2D eigenvalue weighted by Crippen LogP contribution is -2.54. The molecule has 1 amide bonds. The Morgan fingerprint density at radius 3 is 3.00 bits per heavy atom. The van der Waals surface area contributed by atoms with Crippen molar-refractivity contribution in [2.24, 2.45) is 11.8 Å². The molecular weight excluding hydrogens is 264 g/mol. The molecule has 0 spiro atoms. The standard InChI is InChI=1S/C16H18N4O/c21-16(15-12-3-1-2-4-13(12)17-18-15)20-8-10-7-19-6-5-11(10)14(20)9-19/h1-4,10-11,14H,5-9H2,(H,17,18)/t10-,11-,14?/m1/s1. The van der Waals surface area contributed by atoms with Crippen LogP contribution in [0.3, 0.4) is 0 Å². The van der Waals surface area contributed by atoms with Crippen molar-refractivity contribution in [3.63, 3.8) is 0 Å². The Morgan fingerprint density at radius 2 is 2.14 bits per heavy atom. The van der Waals surface area contributed by atoms with Crippen LogP contribution >= 0.6 is 0 Å². The van der Waals surface area contributed by atoms with Crippen molar-refractivity contribution >= 4 is 16.8 Å². The summed E-state index contributed by atoms with van der Waals surface area (Å²) in [7, 11) is 0. The maximum absolute atomic E-state index is 13.0. The molecule has 0 saturated carbocycles. The summed E-state index contributed by atoms with van der Waals surface area (Å²) in [4.78, 5) is 17.6. The molecule has 108 valence electrons. The molecule has 21 heavy (non-hydrogen) atoms.